The number of aryl methyl sites for hydroxylation is 2. The third-order valence-corrected chi connectivity index (χ3v) is 5.27. The summed E-state index contributed by atoms with van der Waals surface area (Å²) < 4.78 is 10.6. The maximum absolute atomic E-state index is 13.0. The maximum atomic E-state index is 13.0. The van der Waals surface area contributed by atoms with Crippen LogP contribution in [0.25, 0.3) is 0 Å². The minimum absolute atomic E-state index is 0.0130. The largest absolute Gasteiger partial charge is 0.497 e. The number of rotatable bonds is 5. The lowest BCUT2D eigenvalue weighted by Crippen LogP contribution is -2.49. The van der Waals surface area contributed by atoms with Gasteiger partial charge >= 0.3 is 0 Å². The topological polar surface area (TPSA) is 67.8 Å². The first-order valence-corrected chi connectivity index (χ1v) is 9.96. The lowest BCUT2D eigenvalue weighted by Gasteiger charge is -2.37. The first-order valence-electron chi connectivity index (χ1n) is 9.96. The molecule has 0 radical (unpaired) electrons. The molecule has 1 amide bonds. The van der Waals surface area contributed by atoms with Crippen molar-refractivity contribution in [3.05, 3.63) is 40.8 Å². The van der Waals surface area contributed by atoms with Gasteiger partial charge in [0.05, 0.1) is 14.2 Å². The molecule has 0 unspecified atom stereocenters. The number of hydrogen-bond donors (Lipinski definition) is 0. The molecule has 156 valence electrons. The summed E-state index contributed by atoms with van der Waals surface area (Å²) in [5.74, 6) is 3.33. The molecule has 7 nitrogen and oxygen atoms in total. The fourth-order valence-corrected chi connectivity index (χ4v) is 3.86. The van der Waals surface area contributed by atoms with E-state index in [1.807, 2.05) is 18.7 Å². The number of amides is 1. The molecule has 1 aliphatic heterocycles. The molecule has 0 bridgehead atoms. The molecular weight excluding hydrogens is 368 g/mol. The molecule has 0 aliphatic carbocycles. The maximum Gasteiger partial charge on any atom is 0.254 e. The molecule has 3 rings (SSSR count). The summed E-state index contributed by atoms with van der Waals surface area (Å²) in [6, 6.07) is 5.28. The second-order valence-corrected chi connectivity index (χ2v) is 7.63. The van der Waals surface area contributed by atoms with Gasteiger partial charge < -0.3 is 19.3 Å². The van der Waals surface area contributed by atoms with E-state index in [2.05, 4.69) is 23.7 Å². The highest BCUT2D eigenvalue weighted by Gasteiger charge is 2.26. The van der Waals surface area contributed by atoms with Crippen molar-refractivity contribution in [2.75, 3.05) is 45.3 Å². The monoisotopic (exact) mass is 398 g/mol. The van der Waals surface area contributed by atoms with E-state index in [0.29, 0.717) is 36.1 Å². The summed E-state index contributed by atoms with van der Waals surface area (Å²) in [6.45, 7) is 11.1. The van der Waals surface area contributed by atoms with Crippen LogP contribution < -0.4 is 14.4 Å². The highest BCUT2D eigenvalue weighted by molar-refractivity contribution is 5.95. The van der Waals surface area contributed by atoms with Gasteiger partial charge in [-0.05, 0) is 31.9 Å². The molecule has 7 heteroatoms. The summed E-state index contributed by atoms with van der Waals surface area (Å²) in [5.41, 5.74) is 2.80. The van der Waals surface area contributed by atoms with E-state index < -0.39 is 0 Å². The second-order valence-electron chi connectivity index (χ2n) is 7.63. The molecule has 0 spiro atoms. The Labute approximate surface area is 172 Å². The van der Waals surface area contributed by atoms with Crippen molar-refractivity contribution in [1.82, 2.24) is 14.9 Å². The van der Waals surface area contributed by atoms with Crippen molar-refractivity contribution in [3.63, 3.8) is 0 Å². The van der Waals surface area contributed by atoms with Crippen molar-refractivity contribution in [1.29, 1.82) is 0 Å². The van der Waals surface area contributed by atoms with Crippen LogP contribution >= 0.6 is 0 Å². The fraction of sp³-hybridized carbons (Fsp3) is 0.500. The van der Waals surface area contributed by atoms with E-state index in [1.165, 1.54) is 5.56 Å². The number of aromatic nitrogens is 2. The predicted molar refractivity (Wildman–Crippen MR) is 113 cm³/mol. The molecule has 0 atom stereocenters. The average molecular weight is 399 g/mol. The van der Waals surface area contributed by atoms with Gasteiger partial charge in [0.1, 0.15) is 23.1 Å². The van der Waals surface area contributed by atoms with Gasteiger partial charge in [-0.15, -0.1) is 0 Å². The smallest absolute Gasteiger partial charge is 0.254 e. The second kappa shape index (κ2) is 8.68. The normalized spacial score (nSPS) is 14.3. The zero-order valence-electron chi connectivity index (χ0n) is 18.2. The first-order chi connectivity index (χ1) is 13.8. The summed E-state index contributed by atoms with van der Waals surface area (Å²) in [7, 11) is 3.17. The molecule has 0 saturated carbocycles. The van der Waals surface area contributed by atoms with E-state index in [4.69, 9.17) is 14.5 Å². The standard InChI is InChI=1S/C22H30N4O3/c1-14(2)20-15(3)23-16(4)24-21(20)25-7-9-26(10-8-25)22(27)17-11-18(28-5)13-19(12-17)29-6/h11-14H,7-10H2,1-6H3. The van der Waals surface area contributed by atoms with Crippen LogP contribution in [0.5, 0.6) is 11.5 Å². The fourth-order valence-electron chi connectivity index (χ4n) is 3.86. The molecule has 0 N–H and O–H groups in total. The van der Waals surface area contributed by atoms with Gasteiger partial charge in [-0.25, -0.2) is 9.97 Å². The molecule has 1 saturated heterocycles. The van der Waals surface area contributed by atoms with Crippen molar-refractivity contribution in [2.45, 2.75) is 33.6 Å². The van der Waals surface area contributed by atoms with Crippen molar-refractivity contribution < 1.29 is 14.3 Å². The van der Waals surface area contributed by atoms with Gasteiger partial charge in [0.15, 0.2) is 0 Å². The van der Waals surface area contributed by atoms with Crippen LogP contribution in [-0.4, -0.2) is 61.2 Å². The predicted octanol–water partition coefficient (Wildman–Crippen LogP) is 3.20. The number of ether oxygens (including phenoxy) is 2. The van der Waals surface area contributed by atoms with E-state index >= 15 is 0 Å². The van der Waals surface area contributed by atoms with Gasteiger partial charge in [-0.1, -0.05) is 13.8 Å². The van der Waals surface area contributed by atoms with Crippen LogP contribution in [0.4, 0.5) is 5.82 Å². The minimum atomic E-state index is -0.0130. The molecule has 2 heterocycles. The van der Waals surface area contributed by atoms with Gasteiger partial charge in [-0.2, -0.15) is 0 Å². The summed E-state index contributed by atoms with van der Waals surface area (Å²) in [5, 5.41) is 0. The van der Waals surface area contributed by atoms with E-state index in [-0.39, 0.29) is 5.91 Å². The Morgan fingerprint density at radius 2 is 1.55 bits per heavy atom. The van der Waals surface area contributed by atoms with Crippen LogP contribution in [0, 0.1) is 13.8 Å². The lowest BCUT2D eigenvalue weighted by molar-refractivity contribution is 0.0745. The molecule has 1 aromatic heterocycles. The average Bonchev–Trinajstić information content (AvgIpc) is 2.71. The Morgan fingerprint density at radius 3 is 2.07 bits per heavy atom. The third-order valence-electron chi connectivity index (χ3n) is 5.27. The van der Waals surface area contributed by atoms with Gasteiger partial charge in [0.25, 0.3) is 5.91 Å². The Morgan fingerprint density at radius 1 is 0.966 bits per heavy atom. The molecule has 2 aromatic rings. The van der Waals surface area contributed by atoms with E-state index in [9.17, 15) is 4.79 Å². The molecule has 1 aliphatic rings. The van der Waals surface area contributed by atoms with E-state index in [0.717, 1.165) is 30.4 Å². The number of carbonyl (C=O) groups excluding carboxylic acids is 1. The Balaban J connectivity index is 1.77. The van der Waals surface area contributed by atoms with Crippen LogP contribution in [-0.2, 0) is 0 Å². The van der Waals surface area contributed by atoms with Crippen LogP contribution in [0.1, 0.15) is 47.2 Å². The van der Waals surface area contributed by atoms with Gasteiger partial charge in [0, 0.05) is 49.1 Å². The highest BCUT2D eigenvalue weighted by Crippen LogP contribution is 2.29. The lowest BCUT2D eigenvalue weighted by atomic mass is 10.0. The van der Waals surface area contributed by atoms with Crippen molar-refractivity contribution in [3.8, 4) is 11.5 Å². The minimum Gasteiger partial charge on any atom is -0.497 e. The summed E-state index contributed by atoms with van der Waals surface area (Å²) in [4.78, 5) is 26.5. The number of nitrogens with zero attached hydrogens (tertiary/aromatic N) is 4. The van der Waals surface area contributed by atoms with E-state index in [1.54, 1.807) is 32.4 Å². The van der Waals surface area contributed by atoms with Crippen molar-refractivity contribution in [2.24, 2.45) is 0 Å². The van der Waals surface area contributed by atoms with Gasteiger partial charge in [-0.3, -0.25) is 4.79 Å². The summed E-state index contributed by atoms with van der Waals surface area (Å²) in [6.07, 6.45) is 0. The first kappa shape index (κ1) is 20.9. The Kier molecular flexibility index (Phi) is 6.25. The Hall–Kier alpha value is -2.83. The number of piperazine rings is 1. The highest BCUT2D eigenvalue weighted by atomic mass is 16.5. The van der Waals surface area contributed by atoms with Crippen molar-refractivity contribution >= 4 is 11.7 Å². The molecular formula is C22H30N4O3. The zero-order chi connectivity index (χ0) is 21.1. The number of benzene rings is 1. The summed E-state index contributed by atoms with van der Waals surface area (Å²) >= 11 is 0. The van der Waals surface area contributed by atoms with Crippen LogP contribution in [0.2, 0.25) is 0 Å². The number of carbonyl (C=O) groups is 1. The molecule has 1 fully saturated rings. The molecule has 1 aromatic carbocycles. The SMILES string of the molecule is COc1cc(OC)cc(C(=O)N2CCN(c3nc(C)nc(C)c3C(C)C)CC2)c1. The number of methoxy groups -OCH3 is 2. The van der Waals surface area contributed by atoms with Gasteiger partial charge in [0.2, 0.25) is 0 Å². The van der Waals surface area contributed by atoms with Crippen LogP contribution in [0.15, 0.2) is 18.2 Å². The Bertz CT molecular complexity index is 868. The number of hydrogen-bond acceptors (Lipinski definition) is 6. The zero-order valence-corrected chi connectivity index (χ0v) is 18.2. The molecule has 29 heavy (non-hydrogen) atoms. The number of anilines is 1. The quantitative estimate of drug-likeness (QED) is 0.771. The van der Waals surface area contributed by atoms with Crippen LogP contribution in [0.3, 0.4) is 0 Å². The third kappa shape index (κ3) is 4.44.